The second kappa shape index (κ2) is 19.0. The van der Waals surface area contributed by atoms with E-state index in [0.29, 0.717) is 17.0 Å². The number of alkyl carbamates (subject to hydrolysis) is 1. The van der Waals surface area contributed by atoms with Crippen LogP contribution in [0.3, 0.4) is 0 Å². The molecule has 1 aromatic heterocycles. The molecule has 212 valence electrons. The molecule has 0 bridgehead atoms. The van der Waals surface area contributed by atoms with E-state index in [-0.39, 0.29) is 19.1 Å². The zero-order valence-electron chi connectivity index (χ0n) is 23.8. The summed E-state index contributed by atoms with van der Waals surface area (Å²) in [6.07, 6.45) is 16.2. The Balaban J connectivity index is 2.35. The average molecular weight is 539 g/mol. The third-order valence-corrected chi connectivity index (χ3v) is 6.90. The summed E-state index contributed by atoms with van der Waals surface area (Å²) >= 11 is 1.26. The number of amides is 2. The number of rotatable bonds is 19. The van der Waals surface area contributed by atoms with Gasteiger partial charge in [0.2, 0.25) is 5.91 Å². The first-order valence-electron chi connectivity index (χ1n) is 14.2. The highest BCUT2D eigenvalue weighted by Crippen LogP contribution is 2.29. The number of hydrogen-bond donors (Lipinski definition) is 2. The maximum absolute atomic E-state index is 12.5. The van der Waals surface area contributed by atoms with Crippen molar-refractivity contribution in [2.24, 2.45) is 0 Å². The van der Waals surface area contributed by atoms with Gasteiger partial charge >= 0.3 is 12.1 Å². The van der Waals surface area contributed by atoms with Crippen molar-refractivity contribution < 1.29 is 23.9 Å². The van der Waals surface area contributed by atoms with E-state index in [0.717, 1.165) is 24.1 Å². The number of anilines is 1. The monoisotopic (exact) mass is 538 g/mol. The molecule has 0 atom stereocenters. The summed E-state index contributed by atoms with van der Waals surface area (Å²) in [6, 6.07) is 1.65. The predicted octanol–water partition coefficient (Wildman–Crippen LogP) is 8.37. The number of hydrogen-bond acceptors (Lipinski definition) is 6. The second-order valence-electron chi connectivity index (χ2n) is 10.6. The van der Waals surface area contributed by atoms with Crippen LogP contribution in [0.4, 0.5) is 9.80 Å². The fourth-order valence-corrected chi connectivity index (χ4v) is 4.95. The molecule has 0 aliphatic carbocycles. The van der Waals surface area contributed by atoms with Crippen LogP contribution in [0.15, 0.2) is 6.07 Å². The molecule has 0 saturated heterocycles. The Morgan fingerprint density at radius 1 is 0.838 bits per heavy atom. The number of carbonyl (C=O) groups is 3. The van der Waals surface area contributed by atoms with E-state index in [9.17, 15) is 14.4 Å². The number of carbonyl (C=O) groups excluding carboxylic acids is 3. The Morgan fingerprint density at radius 3 is 1.89 bits per heavy atom. The molecule has 0 unspecified atom stereocenters. The Bertz CT molecular complexity index is 801. The molecule has 1 rings (SSSR count). The van der Waals surface area contributed by atoms with Gasteiger partial charge in [-0.05, 0) is 40.2 Å². The van der Waals surface area contributed by atoms with Gasteiger partial charge in [0.15, 0.2) is 0 Å². The molecule has 7 nitrogen and oxygen atoms in total. The minimum Gasteiger partial charge on any atom is -0.462 e. The Kier molecular flexibility index (Phi) is 17.0. The van der Waals surface area contributed by atoms with Crippen molar-refractivity contribution in [3.05, 3.63) is 16.5 Å². The molecule has 1 heterocycles. The van der Waals surface area contributed by atoms with Gasteiger partial charge in [-0.2, -0.15) is 0 Å². The van der Waals surface area contributed by atoms with Crippen LogP contribution >= 0.6 is 11.3 Å². The molecule has 0 fully saturated rings. The fourth-order valence-electron chi connectivity index (χ4n) is 3.95. The van der Waals surface area contributed by atoms with E-state index >= 15 is 0 Å². The van der Waals surface area contributed by atoms with Crippen molar-refractivity contribution in [1.29, 1.82) is 0 Å². The van der Waals surface area contributed by atoms with Crippen LogP contribution in [0.5, 0.6) is 0 Å². The van der Waals surface area contributed by atoms with Gasteiger partial charge in [0.25, 0.3) is 0 Å². The first-order chi connectivity index (χ1) is 17.7. The lowest BCUT2D eigenvalue weighted by Crippen LogP contribution is -2.31. The largest absolute Gasteiger partial charge is 0.462 e. The lowest BCUT2D eigenvalue weighted by atomic mass is 10.0. The predicted molar refractivity (Wildman–Crippen MR) is 152 cm³/mol. The van der Waals surface area contributed by atoms with Crippen LogP contribution in [-0.2, 0) is 20.8 Å². The van der Waals surface area contributed by atoms with Gasteiger partial charge in [-0.25, -0.2) is 9.59 Å². The quantitative estimate of drug-likeness (QED) is 0.136. The zero-order chi connectivity index (χ0) is 27.5. The standard InChI is InChI=1S/C29H50N2O5S/c1-6-8-9-10-11-12-13-14-15-16-17-18-19-20-25(32)31-26-24(27(33)35-7-2)21-23(37-26)22-30-28(34)36-29(3,4)5/h21H,6-20,22H2,1-5H3,(H,30,34)(H,31,32). The van der Waals surface area contributed by atoms with Gasteiger partial charge in [0, 0.05) is 11.3 Å². The van der Waals surface area contributed by atoms with Gasteiger partial charge in [-0.3, -0.25) is 4.79 Å². The number of ether oxygens (including phenoxy) is 2. The van der Waals surface area contributed by atoms with E-state index in [1.807, 2.05) is 0 Å². The summed E-state index contributed by atoms with van der Waals surface area (Å²) in [4.78, 5) is 37.6. The summed E-state index contributed by atoms with van der Waals surface area (Å²) < 4.78 is 10.4. The topological polar surface area (TPSA) is 93.7 Å². The lowest BCUT2D eigenvalue weighted by molar-refractivity contribution is -0.116. The SMILES string of the molecule is CCCCCCCCCCCCCCCC(=O)Nc1sc(CNC(=O)OC(C)(C)C)cc1C(=O)OCC. The van der Waals surface area contributed by atoms with Crippen LogP contribution in [0.1, 0.15) is 140 Å². The van der Waals surface area contributed by atoms with Crippen molar-refractivity contribution in [1.82, 2.24) is 5.32 Å². The van der Waals surface area contributed by atoms with Crippen molar-refractivity contribution in [3.63, 3.8) is 0 Å². The van der Waals surface area contributed by atoms with E-state index in [2.05, 4.69) is 17.6 Å². The summed E-state index contributed by atoms with van der Waals surface area (Å²) in [6.45, 7) is 9.81. The zero-order valence-corrected chi connectivity index (χ0v) is 24.7. The summed E-state index contributed by atoms with van der Waals surface area (Å²) in [5, 5.41) is 6.02. The normalized spacial score (nSPS) is 11.3. The number of esters is 1. The van der Waals surface area contributed by atoms with Crippen LogP contribution in [-0.4, -0.2) is 30.2 Å². The highest BCUT2D eigenvalue weighted by Gasteiger charge is 2.20. The first kappa shape index (κ1) is 32.9. The third kappa shape index (κ3) is 16.4. The van der Waals surface area contributed by atoms with Crippen LogP contribution in [0.25, 0.3) is 0 Å². The molecule has 0 aliphatic rings. The molecular weight excluding hydrogens is 488 g/mol. The van der Waals surface area contributed by atoms with E-state index < -0.39 is 17.7 Å². The second-order valence-corrected chi connectivity index (χ2v) is 11.7. The molecule has 2 N–H and O–H groups in total. The molecule has 0 aromatic carbocycles. The van der Waals surface area contributed by atoms with Gasteiger partial charge < -0.3 is 20.1 Å². The minimum absolute atomic E-state index is 0.109. The molecule has 0 saturated carbocycles. The van der Waals surface area contributed by atoms with Gasteiger partial charge in [0.1, 0.15) is 10.6 Å². The lowest BCUT2D eigenvalue weighted by Gasteiger charge is -2.19. The molecular formula is C29H50N2O5S. The molecule has 0 radical (unpaired) electrons. The Hall–Kier alpha value is -2.09. The van der Waals surface area contributed by atoms with Crippen molar-refractivity contribution in [2.45, 2.75) is 137 Å². The van der Waals surface area contributed by atoms with Crippen molar-refractivity contribution >= 4 is 34.3 Å². The average Bonchev–Trinajstić information content (AvgIpc) is 3.22. The number of unbranched alkanes of at least 4 members (excludes halogenated alkanes) is 12. The molecule has 0 spiro atoms. The molecule has 0 aliphatic heterocycles. The van der Waals surface area contributed by atoms with Crippen molar-refractivity contribution in [3.8, 4) is 0 Å². The van der Waals surface area contributed by atoms with E-state index in [4.69, 9.17) is 9.47 Å². The van der Waals surface area contributed by atoms with Crippen LogP contribution < -0.4 is 10.6 Å². The van der Waals surface area contributed by atoms with Gasteiger partial charge in [-0.15, -0.1) is 11.3 Å². The fraction of sp³-hybridized carbons (Fsp3) is 0.759. The highest BCUT2D eigenvalue weighted by atomic mass is 32.1. The van der Waals surface area contributed by atoms with Crippen LogP contribution in [0.2, 0.25) is 0 Å². The number of nitrogens with one attached hydrogen (secondary N) is 2. The smallest absolute Gasteiger partial charge is 0.407 e. The summed E-state index contributed by atoms with van der Waals surface area (Å²) in [7, 11) is 0. The first-order valence-corrected chi connectivity index (χ1v) is 15.0. The summed E-state index contributed by atoms with van der Waals surface area (Å²) in [5.74, 6) is -0.597. The van der Waals surface area contributed by atoms with Crippen LogP contribution in [0, 0.1) is 0 Å². The highest BCUT2D eigenvalue weighted by molar-refractivity contribution is 7.16. The minimum atomic E-state index is -0.595. The molecule has 37 heavy (non-hydrogen) atoms. The van der Waals surface area contributed by atoms with Gasteiger partial charge in [0.05, 0.1) is 18.7 Å². The molecule has 1 aromatic rings. The van der Waals surface area contributed by atoms with Gasteiger partial charge in [-0.1, -0.05) is 84.0 Å². The molecule has 8 heteroatoms. The number of thiophene rings is 1. The summed E-state index contributed by atoms with van der Waals surface area (Å²) in [5.41, 5.74) is -0.283. The maximum atomic E-state index is 12.5. The Morgan fingerprint density at radius 2 is 1.38 bits per heavy atom. The Labute approximate surface area is 228 Å². The molecule has 2 amide bonds. The third-order valence-electron chi connectivity index (χ3n) is 5.84. The van der Waals surface area contributed by atoms with E-state index in [1.54, 1.807) is 33.8 Å². The van der Waals surface area contributed by atoms with Crippen molar-refractivity contribution in [2.75, 3.05) is 11.9 Å². The maximum Gasteiger partial charge on any atom is 0.407 e. The van der Waals surface area contributed by atoms with E-state index in [1.165, 1.54) is 75.5 Å².